The molecule has 2 aromatic rings. The first kappa shape index (κ1) is 17.1. The van der Waals surface area contributed by atoms with Gasteiger partial charge in [-0.3, -0.25) is 9.59 Å². The van der Waals surface area contributed by atoms with Crippen molar-refractivity contribution in [1.29, 1.82) is 0 Å². The third kappa shape index (κ3) is 4.21. The second kappa shape index (κ2) is 6.63. The molecule has 1 aliphatic carbocycles. The lowest BCUT2D eigenvalue weighted by molar-refractivity contribution is -0.127. The smallest absolute Gasteiger partial charge is 0.226 e. The zero-order valence-electron chi connectivity index (χ0n) is 14.7. The quantitative estimate of drug-likeness (QED) is 0.821. The SMILES string of the molecule is Cc1cc(C)cc(-c2ncn(/C=C\C(=O)CNC(=O)C3(C)CC3)n2)c1. The molecule has 1 saturated carbocycles. The lowest BCUT2D eigenvalue weighted by Gasteiger charge is -2.07. The largest absolute Gasteiger partial charge is 0.348 e. The normalized spacial score (nSPS) is 15.3. The Hall–Kier alpha value is -2.76. The van der Waals surface area contributed by atoms with Crippen molar-refractivity contribution in [2.24, 2.45) is 5.41 Å². The van der Waals surface area contributed by atoms with Gasteiger partial charge in [-0.15, -0.1) is 5.10 Å². The van der Waals surface area contributed by atoms with Gasteiger partial charge in [0.15, 0.2) is 11.6 Å². The summed E-state index contributed by atoms with van der Waals surface area (Å²) in [5, 5.41) is 7.04. The molecule has 0 saturated heterocycles. The first-order chi connectivity index (χ1) is 11.9. The molecule has 1 amide bonds. The number of benzene rings is 1. The zero-order chi connectivity index (χ0) is 18.0. The van der Waals surface area contributed by atoms with E-state index in [4.69, 9.17) is 0 Å². The molecular formula is C19H22N4O2. The molecule has 0 atom stereocenters. The predicted octanol–water partition coefficient (Wildman–Crippen LogP) is 2.52. The molecule has 130 valence electrons. The van der Waals surface area contributed by atoms with E-state index in [-0.39, 0.29) is 23.7 Å². The molecule has 1 fully saturated rings. The number of nitrogens with one attached hydrogen (secondary N) is 1. The van der Waals surface area contributed by atoms with Gasteiger partial charge in [-0.2, -0.15) is 0 Å². The van der Waals surface area contributed by atoms with Crippen LogP contribution in [0.1, 0.15) is 30.9 Å². The van der Waals surface area contributed by atoms with E-state index in [0.29, 0.717) is 5.82 Å². The van der Waals surface area contributed by atoms with Gasteiger partial charge in [0.1, 0.15) is 6.33 Å². The summed E-state index contributed by atoms with van der Waals surface area (Å²) in [7, 11) is 0. The number of aryl methyl sites for hydroxylation is 2. The number of rotatable bonds is 6. The van der Waals surface area contributed by atoms with Crippen LogP contribution in [0.4, 0.5) is 0 Å². The van der Waals surface area contributed by atoms with Crippen molar-refractivity contribution < 1.29 is 9.59 Å². The highest BCUT2D eigenvalue weighted by Crippen LogP contribution is 2.44. The van der Waals surface area contributed by atoms with Gasteiger partial charge < -0.3 is 5.32 Å². The molecule has 1 aromatic heterocycles. The Balaban J connectivity index is 1.59. The minimum Gasteiger partial charge on any atom is -0.348 e. The van der Waals surface area contributed by atoms with Crippen LogP contribution in [0.25, 0.3) is 17.6 Å². The lowest BCUT2D eigenvalue weighted by atomic mass is 10.1. The summed E-state index contributed by atoms with van der Waals surface area (Å²) in [6.45, 7) is 5.97. The van der Waals surface area contributed by atoms with Crippen molar-refractivity contribution in [3.8, 4) is 11.4 Å². The standard InChI is InChI=1S/C19H22N4O2/c1-13-8-14(2)10-15(9-13)17-21-12-23(22-17)7-4-16(24)11-20-18(25)19(3)5-6-19/h4,7-10,12H,5-6,11H2,1-3H3,(H,20,25)/b7-4-. The lowest BCUT2D eigenvalue weighted by Crippen LogP contribution is -2.33. The van der Waals surface area contributed by atoms with Crippen LogP contribution in [0, 0.1) is 19.3 Å². The van der Waals surface area contributed by atoms with E-state index in [1.807, 2.05) is 32.9 Å². The minimum atomic E-state index is -0.267. The average molecular weight is 338 g/mol. The Kier molecular flexibility index (Phi) is 4.53. The molecule has 0 bridgehead atoms. The van der Waals surface area contributed by atoms with Crippen LogP contribution in [-0.4, -0.2) is 33.0 Å². The van der Waals surface area contributed by atoms with Crippen molar-refractivity contribution >= 4 is 17.9 Å². The minimum absolute atomic E-state index is 0.00352. The van der Waals surface area contributed by atoms with Gasteiger partial charge in [0, 0.05) is 23.3 Å². The number of amides is 1. The van der Waals surface area contributed by atoms with Crippen LogP contribution in [0.2, 0.25) is 0 Å². The molecule has 25 heavy (non-hydrogen) atoms. The maximum Gasteiger partial charge on any atom is 0.226 e. The summed E-state index contributed by atoms with van der Waals surface area (Å²) in [5.41, 5.74) is 2.98. The highest BCUT2D eigenvalue weighted by molar-refractivity contribution is 5.96. The number of hydrogen-bond acceptors (Lipinski definition) is 4. The van der Waals surface area contributed by atoms with Crippen molar-refractivity contribution in [1.82, 2.24) is 20.1 Å². The fraction of sp³-hybridized carbons (Fsp3) is 0.368. The van der Waals surface area contributed by atoms with E-state index >= 15 is 0 Å². The monoisotopic (exact) mass is 338 g/mol. The maximum atomic E-state index is 11.9. The van der Waals surface area contributed by atoms with Gasteiger partial charge in [0.2, 0.25) is 5.91 Å². The molecular weight excluding hydrogens is 316 g/mol. The Labute approximate surface area is 147 Å². The van der Waals surface area contributed by atoms with Gasteiger partial charge in [-0.25, -0.2) is 9.67 Å². The van der Waals surface area contributed by atoms with E-state index in [1.54, 1.807) is 12.5 Å². The van der Waals surface area contributed by atoms with Crippen molar-refractivity contribution in [3.05, 3.63) is 41.7 Å². The van der Waals surface area contributed by atoms with Crippen LogP contribution in [-0.2, 0) is 9.59 Å². The van der Waals surface area contributed by atoms with E-state index in [2.05, 4.69) is 21.5 Å². The highest BCUT2D eigenvalue weighted by atomic mass is 16.2. The molecule has 1 aromatic carbocycles. The van der Waals surface area contributed by atoms with Gasteiger partial charge >= 0.3 is 0 Å². The van der Waals surface area contributed by atoms with E-state index in [0.717, 1.165) is 29.5 Å². The van der Waals surface area contributed by atoms with Crippen molar-refractivity contribution in [3.63, 3.8) is 0 Å². The summed E-state index contributed by atoms with van der Waals surface area (Å²) in [4.78, 5) is 28.0. The fourth-order valence-electron chi connectivity index (χ4n) is 2.60. The Morgan fingerprint density at radius 1 is 1.24 bits per heavy atom. The zero-order valence-corrected chi connectivity index (χ0v) is 14.7. The molecule has 6 nitrogen and oxygen atoms in total. The third-order valence-corrected chi connectivity index (χ3v) is 4.37. The molecule has 3 rings (SSSR count). The molecule has 0 unspecified atom stereocenters. The predicted molar refractivity (Wildman–Crippen MR) is 95.6 cm³/mol. The molecule has 6 heteroatoms. The molecule has 0 radical (unpaired) electrons. The number of aromatic nitrogens is 3. The van der Waals surface area contributed by atoms with E-state index < -0.39 is 0 Å². The van der Waals surface area contributed by atoms with Crippen molar-refractivity contribution in [2.45, 2.75) is 33.6 Å². The fourth-order valence-corrected chi connectivity index (χ4v) is 2.60. The Bertz CT molecular complexity index is 827. The highest BCUT2D eigenvalue weighted by Gasteiger charge is 2.44. The van der Waals surface area contributed by atoms with Crippen molar-refractivity contribution in [2.75, 3.05) is 6.54 Å². The van der Waals surface area contributed by atoms with Crippen LogP contribution < -0.4 is 5.32 Å². The first-order valence-corrected chi connectivity index (χ1v) is 8.35. The molecule has 1 aliphatic rings. The summed E-state index contributed by atoms with van der Waals surface area (Å²) >= 11 is 0. The van der Waals surface area contributed by atoms with E-state index in [9.17, 15) is 9.59 Å². The number of nitrogens with zero attached hydrogens (tertiary/aromatic N) is 3. The first-order valence-electron chi connectivity index (χ1n) is 8.35. The second-order valence-corrected chi connectivity index (χ2v) is 6.95. The number of carbonyl (C=O) groups excluding carboxylic acids is 2. The third-order valence-electron chi connectivity index (χ3n) is 4.37. The topological polar surface area (TPSA) is 76.9 Å². The summed E-state index contributed by atoms with van der Waals surface area (Å²) in [5.74, 6) is 0.381. The summed E-state index contributed by atoms with van der Waals surface area (Å²) in [6.07, 6.45) is 6.29. The van der Waals surface area contributed by atoms with Crippen LogP contribution in [0.15, 0.2) is 30.6 Å². The van der Waals surface area contributed by atoms with E-state index in [1.165, 1.54) is 10.8 Å². The summed E-state index contributed by atoms with van der Waals surface area (Å²) in [6, 6.07) is 6.14. The molecule has 0 aliphatic heterocycles. The molecule has 0 spiro atoms. The molecule has 1 N–H and O–H groups in total. The van der Waals surface area contributed by atoms with Gasteiger partial charge in [-0.1, -0.05) is 24.1 Å². The Morgan fingerprint density at radius 2 is 1.92 bits per heavy atom. The second-order valence-electron chi connectivity index (χ2n) is 6.95. The van der Waals surface area contributed by atoms with Gasteiger partial charge in [-0.05, 0) is 38.8 Å². The molecule has 1 heterocycles. The van der Waals surface area contributed by atoms with Crippen LogP contribution >= 0.6 is 0 Å². The average Bonchev–Trinajstić information content (AvgIpc) is 3.13. The maximum absolute atomic E-state index is 11.9. The number of hydrogen-bond donors (Lipinski definition) is 1. The van der Waals surface area contributed by atoms with Gasteiger partial charge in [0.25, 0.3) is 0 Å². The summed E-state index contributed by atoms with van der Waals surface area (Å²) < 4.78 is 1.49. The number of carbonyl (C=O) groups is 2. The van der Waals surface area contributed by atoms with Crippen LogP contribution in [0.3, 0.4) is 0 Å². The van der Waals surface area contributed by atoms with Gasteiger partial charge in [0.05, 0.1) is 6.54 Å². The Morgan fingerprint density at radius 3 is 2.56 bits per heavy atom. The number of ketones is 1. The van der Waals surface area contributed by atoms with Crippen LogP contribution in [0.5, 0.6) is 0 Å².